The van der Waals surface area contributed by atoms with Crippen molar-refractivity contribution in [3.8, 4) is 0 Å². The van der Waals surface area contributed by atoms with Crippen molar-refractivity contribution in [1.82, 2.24) is 5.32 Å². The first-order valence-corrected chi connectivity index (χ1v) is 5.45. The van der Waals surface area contributed by atoms with Gasteiger partial charge in [0.15, 0.2) is 0 Å². The fourth-order valence-electron chi connectivity index (χ4n) is 3.08. The molecule has 1 amide bonds. The van der Waals surface area contributed by atoms with Gasteiger partial charge in [0.2, 0.25) is 5.91 Å². The highest BCUT2D eigenvalue weighted by Gasteiger charge is 2.47. The van der Waals surface area contributed by atoms with Crippen LogP contribution in [0.15, 0.2) is 0 Å². The van der Waals surface area contributed by atoms with Gasteiger partial charge in [0.25, 0.3) is 0 Å². The maximum absolute atomic E-state index is 11.5. The predicted molar refractivity (Wildman–Crippen MR) is 52.7 cm³/mol. The van der Waals surface area contributed by atoms with Gasteiger partial charge < -0.3 is 5.32 Å². The Labute approximate surface area is 84.2 Å². The lowest BCUT2D eigenvalue weighted by Gasteiger charge is -2.38. The van der Waals surface area contributed by atoms with Gasteiger partial charge in [-0.2, -0.15) is 0 Å². The number of carbonyl (C=O) groups excluding carboxylic acids is 2. The number of piperidine rings is 1. The number of nitrogens with one attached hydrogen (secondary N) is 1. The number of hydrogen-bond donors (Lipinski definition) is 1. The number of amides is 1. The van der Waals surface area contributed by atoms with Gasteiger partial charge in [-0.15, -0.1) is 0 Å². The summed E-state index contributed by atoms with van der Waals surface area (Å²) in [5, 5.41) is 3.06. The topological polar surface area (TPSA) is 46.2 Å². The third-order valence-corrected chi connectivity index (χ3v) is 3.69. The summed E-state index contributed by atoms with van der Waals surface area (Å²) in [6.45, 7) is 1.65. The van der Waals surface area contributed by atoms with Gasteiger partial charge >= 0.3 is 0 Å². The van der Waals surface area contributed by atoms with E-state index in [9.17, 15) is 9.59 Å². The zero-order chi connectivity index (χ0) is 10.2. The Morgan fingerprint density at radius 2 is 2.14 bits per heavy atom. The monoisotopic (exact) mass is 195 g/mol. The molecule has 1 N–H and O–H groups in total. The number of rotatable bonds is 1. The molecular formula is C11H17NO2. The maximum atomic E-state index is 11.5. The van der Waals surface area contributed by atoms with Gasteiger partial charge in [0.05, 0.1) is 0 Å². The van der Waals surface area contributed by atoms with Crippen LogP contribution in [0.1, 0.15) is 45.4 Å². The van der Waals surface area contributed by atoms with Crippen LogP contribution in [-0.2, 0) is 9.59 Å². The molecule has 1 aliphatic heterocycles. The largest absolute Gasteiger partial charge is 0.350 e. The molecule has 2 atom stereocenters. The van der Waals surface area contributed by atoms with Crippen molar-refractivity contribution < 1.29 is 9.59 Å². The van der Waals surface area contributed by atoms with Crippen LogP contribution in [0.5, 0.6) is 0 Å². The van der Waals surface area contributed by atoms with E-state index in [2.05, 4.69) is 5.32 Å². The molecule has 1 heterocycles. The average molecular weight is 195 g/mol. The van der Waals surface area contributed by atoms with Crippen molar-refractivity contribution in [2.24, 2.45) is 5.92 Å². The van der Waals surface area contributed by atoms with E-state index < -0.39 is 0 Å². The summed E-state index contributed by atoms with van der Waals surface area (Å²) < 4.78 is 0. The van der Waals surface area contributed by atoms with Gasteiger partial charge in [-0.1, -0.05) is 6.42 Å². The molecular weight excluding hydrogens is 178 g/mol. The van der Waals surface area contributed by atoms with Crippen molar-refractivity contribution >= 4 is 11.7 Å². The Morgan fingerprint density at radius 1 is 1.43 bits per heavy atom. The van der Waals surface area contributed by atoms with E-state index in [-0.39, 0.29) is 23.1 Å². The van der Waals surface area contributed by atoms with Gasteiger partial charge in [0.1, 0.15) is 5.78 Å². The predicted octanol–water partition coefficient (Wildman–Crippen LogP) is 1.41. The standard InChI is InChI=1S/C11H17NO2/c1-8(13)9-4-2-6-11(9)7-3-5-10(14)12-11/h9H,2-7H2,1H3,(H,12,14)/t9-,11-/m1/s1. The molecule has 1 spiro atoms. The van der Waals surface area contributed by atoms with Crippen LogP contribution in [0.3, 0.4) is 0 Å². The molecule has 2 rings (SSSR count). The van der Waals surface area contributed by atoms with Gasteiger partial charge in [0, 0.05) is 17.9 Å². The smallest absolute Gasteiger partial charge is 0.220 e. The van der Waals surface area contributed by atoms with Crippen LogP contribution in [0.4, 0.5) is 0 Å². The highest BCUT2D eigenvalue weighted by Crippen LogP contribution is 2.41. The van der Waals surface area contributed by atoms with E-state index in [1.54, 1.807) is 6.92 Å². The van der Waals surface area contributed by atoms with E-state index in [0.717, 1.165) is 32.1 Å². The first kappa shape index (κ1) is 9.69. The van der Waals surface area contributed by atoms with E-state index in [1.807, 2.05) is 0 Å². The van der Waals surface area contributed by atoms with Crippen molar-refractivity contribution in [2.45, 2.75) is 51.0 Å². The molecule has 0 aromatic rings. The first-order valence-electron chi connectivity index (χ1n) is 5.45. The fourth-order valence-corrected chi connectivity index (χ4v) is 3.08. The average Bonchev–Trinajstić information content (AvgIpc) is 2.48. The number of Topliss-reactive ketones (excluding diaryl/α,β-unsaturated/α-hetero) is 1. The number of hydrogen-bond acceptors (Lipinski definition) is 2. The maximum Gasteiger partial charge on any atom is 0.220 e. The SMILES string of the molecule is CC(=O)[C@H]1CCC[C@@]12CCCC(=O)N2. The third-order valence-electron chi connectivity index (χ3n) is 3.69. The van der Waals surface area contributed by atoms with Crippen LogP contribution < -0.4 is 5.32 Å². The van der Waals surface area contributed by atoms with E-state index in [1.165, 1.54) is 0 Å². The van der Waals surface area contributed by atoms with Crippen molar-refractivity contribution in [1.29, 1.82) is 0 Å². The summed E-state index contributed by atoms with van der Waals surface area (Å²) >= 11 is 0. The minimum Gasteiger partial charge on any atom is -0.350 e. The summed E-state index contributed by atoms with van der Waals surface area (Å²) in [7, 11) is 0. The lowest BCUT2D eigenvalue weighted by Crippen LogP contribution is -2.55. The minimum atomic E-state index is -0.166. The quantitative estimate of drug-likeness (QED) is 0.687. The Hall–Kier alpha value is -0.860. The molecule has 1 saturated heterocycles. The minimum absolute atomic E-state index is 0.0757. The van der Waals surface area contributed by atoms with E-state index in [4.69, 9.17) is 0 Å². The fraction of sp³-hybridized carbons (Fsp3) is 0.818. The van der Waals surface area contributed by atoms with Crippen molar-refractivity contribution in [2.75, 3.05) is 0 Å². The van der Waals surface area contributed by atoms with E-state index >= 15 is 0 Å². The number of carbonyl (C=O) groups is 2. The van der Waals surface area contributed by atoms with Gasteiger partial charge in [-0.05, 0) is 32.6 Å². The van der Waals surface area contributed by atoms with Crippen LogP contribution in [0, 0.1) is 5.92 Å². The van der Waals surface area contributed by atoms with Crippen LogP contribution in [0.25, 0.3) is 0 Å². The molecule has 3 heteroatoms. The Morgan fingerprint density at radius 3 is 2.79 bits per heavy atom. The second-order valence-electron chi connectivity index (χ2n) is 4.61. The van der Waals surface area contributed by atoms with Crippen LogP contribution in [0.2, 0.25) is 0 Å². The van der Waals surface area contributed by atoms with Crippen molar-refractivity contribution in [3.63, 3.8) is 0 Å². The highest BCUT2D eigenvalue weighted by molar-refractivity contribution is 5.83. The molecule has 0 aromatic heterocycles. The molecule has 14 heavy (non-hydrogen) atoms. The molecule has 0 radical (unpaired) electrons. The molecule has 0 unspecified atom stereocenters. The summed E-state index contributed by atoms with van der Waals surface area (Å²) in [5.41, 5.74) is -0.166. The zero-order valence-corrected chi connectivity index (χ0v) is 8.64. The summed E-state index contributed by atoms with van der Waals surface area (Å²) in [5.74, 6) is 0.445. The Bertz CT molecular complexity index is 274. The first-order chi connectivity index (χ1) is 6.64. The molecule has 0 bridgehead atoms. The van der Waals surface area contributed by atoms with Crippen LogP contribution >= 0.6 is 0 Å². The summed E-state index contributed by atoms with van der Waals surface area (Å²) in [6, 6.07) is 0. The molecule has 2 fully saturated rings. The summed E-state index contributed by atoms with van der Waals surface area (Å²) in [4.78, 5) is 22.8. The Kier molecular flexibility index (Phi) is 2.33. The summed E-state index contributed by atoms with van der Waals surface area (Å²) in [6.07, 6.45) is 5.58. The molecule has 3 nitrogen and oxygen atoms in total. The number of ketones is 1. The molecule has 1 saturated carbocycles. The van der Waals surface area contributed by atoms with Gasteiger partial charge in [-0.3, -0.25) is 9.59 Å². The molecule has 78 valence electrons. The second kappa shape index (κ2) is 3.37. The molecule has 1 aliphatic carbocycles. The zero-order valence-electron chi connectivity index (χ0n) is 8.64. The van der Waals surface area contributed by atoms with Gasteiger partial charge in [-0.25, -0.2) is 0 Å². The Balaban J connectivity index is 2.20. The normalized spacial score (nSPS) is 37.2. The lowest BCUT2D eigenvalue weighted by atomic mass is 9.78. The highest BCUT2D eigenvalue weighted by atomic mass is 16.2. The van der Waals surface area contributed by atoms with Crippen molar-refractivity contribution in [3.05, 3.63) is 0 Å². The lowest BCUT2D eigenvalue weighted by molar-refractivity contribution is -0.129. The molecule has 0 aromatic carbocycles. The van der Waals surface area contributed by atoms with Crippen LogP contribution in [-0.4, -0.2) is 17.2 Å². The van der Waals surface area contributed by atoms with E-state index in [0.29, 0.717) is 6.42 Å². The second-order valence-corrected chi connectivity index (χ2v) is 4.61. The molecule has 2 aliphatic rings. The third kappa shape index (κ3) is 1.45.